The minimum Gasteiger partial charge on any atom is -0.497 e. The monoisotopic (exact) mass is 284 g/mol. The van der Waals surface area contributed by atoms with Gasteiger partial charge < -0.3 is 14.5 Å². The number of carbonyl (C=O) groups excluding carboxylic acids is 1. The van der Waals surface area contributed by atoms with Crippen molar-refractivity contribution in [3.63, 3.8) is 0 Å². The Labute approximate surface area is 120 Å². The number of carbonyl (C=O) groups is 1. The highest BCUT2D eigenvalue weighted by Gasteiger charge is 2.10. The van der Waals surface area contributed by atoms with Crippen LogP contribution in [0.15, 0.2) is 34.6 Å². The molecule has 1 aromatic carbocycles. The summed E-state index contributed by atoms with van der Waals surface area (Å²) in [6.45, 7) is 0. The number of hydrogen-bond donors (Lipinski definition) is 1. The standard InChI is InChI=1S/C15H12N2O4/c1-20-12-3-4-13-9(7-12)5-10(14(18)17-13)6-11(8-16)15(19)21-2/h3-7H,1-2H3,(H,17,18)/b11-6-. The molecule has 0 aliphatic carbocycles. The number of nitrogens with zero attached hydrogens (tertiary/aromatic N) is 1. The van der Waals surface area contributed by atoms with Crippen molar-refractivity contribution in [2.24, 2.45) is 0 Å². The van der Waals surface area contributed by atoms with Gasteiger partial charge in [0, 0.05) is 16.5 Å². The van der Waals surface area contributed by atoms with E-state index in [9.17, 15) is 9.59 Å². The van der Waals surface area contributed by atoms with Gasteiger partial charge in [-0.15, -0.1) is 0 Å². The number of aromatic nitrogens is 1. The van der Waals surface area contributed by atoms with Gasteiger partial charge in [0.2, 0.25) is 0 Å². The number of fused-ring (bicyclic) bond motifs is 1. The predicted octanol–water partition coefficient (Wildman–Crippen LogP) is 1.62. The van der Waals surface area contributed by atoms with Gasteiger partial charge in [0.25, 0.3) is 5.56 Å². The third kappa shape index (κ3) is 2.92. The number of nitrogens with one attached hydrogen (secondary N) is 1. The first-order chi connectivity index (χ1) is 10.1. The first kappa shape index (κ1) is 14.3. The fourth-order valence-electron chi connectivity index (χ4n) is 1.84. The van der Waals surface area contributed by atoms with E-state index in [-0.39, 0.29) is 11.1 Å². The Kier molecular flexibility index (Phi) is 4.05. The van der Waals surface area contributed by atoms with Crippen LogP contribution in [0.5, 0.6) is 5.75 Å². The lowest BCUT2D eigenvalue weighted by atomic mass is 10.1. The highest BCUT2D eigenvalue weighted by atomic mass is 16.5. The van der Waals surface area contributed by atoms with E-state index in [1.807, 2.05) is 0 Å². The number of hydrogen-bond acceptors (Lipinski definition) is 5. The summed E-state index contributed by atoms with van der Waals surface area (Å²) in [5, 5.41) is 9.65. The van der Waals surface area contributed by atoms with Crippen molar-refractivity contribution >= 4 is 22.9 Å². The molecule has 0 spiro atoms. The van der Waals surface area contributed by atoms with Crippen LogP contribution in [0.4, 0.5) is 0 Å². The summed E-state index contributed by atoms with van der Waals surface area (Å²) in [6, 6.07) is 8.47. The van der Waals surface area contributed by atoms with Crippen LogP contribution >= 0.6 is 0 Å². The van der Waals surface area contributed by atoms with Gasteiger partial charge in [-0.3, -0.25) is 4.79 Å². The molecule has 106 valence electrons. The summed E-state index contributed by atoms with van der Waals surface area (Å²) in [7, 11) is 2.71. The number of methoxy groups -OCH3 is 2. The summed E-state index contributed by atoms with van der Waals surface area (Å²) in [4.78, 5) is 26.0. The van der Waals surface area contributed by atoms with Crippen molar-refractivity contribution in [1.29, 1.82) is 5.26 Å². The van der Waals surface area contributed by atoms with E-state index in [4.69, 9.17) is 10.00 Å². The molecule has 6 heteroatoms. The van der Waals surface area contributed by atoms with E-state index in [0.717, 1.165) is 5.39 Å². The van der Waals surface area contributed by atoms with Gasteiger partial charge in [0.15, 0.2) is 0 Å². The van der Waals surface area contributed by atoms with E-state index in [1.54, 1.807) is 37.4 Å². The zero-order valence-corrected chi connectivity index (χ0v) is 11.5. The molecule has 2 aromatic rings. The first-order valence-electron chi connectivity index (χ1n) is 6.00. The number of nitriles is 1. The van der Waals surface area contributed by atoms with Gasteiger partial charge in [0.1, 0.15) is 17.4 Å². The van der Waals surface area contributed by atoms with Gasteiger partial charge in [-0.25, -0.2) is 4.79 Å². The molecule has 0 unspecified atom stereocenters. The lowest BCUT2D eigenvalue weighted by Gasteiger charge is -2.03. The van der Waals surface area contributed by atoms with Crippen LogP contribution in [0.1, 0.15) is 5.56 Å². The lowest BCUT2D eigenvalue weighted by Crippen LogP contribution is -2.11. The Morgan fingerprint density at radius 1 is 1.33 bits per heavy atom. The largest absolute Gasteiger partial charge is 0.497 e. The number of ether oxygens (including phenoxy) is 2. The van der Waals surface area contributed by atoms with Crippen molar-refractivity contribution in [1.82, 2.24) is 4.98 Å². The second-order valence-electron chi connectivity index (χ2n) is 4.17. The first-order valence-corrected chi connectivity index (χ1v) is 6.00. The van der Waals surface area contributed by atoms with E-state index >= 15 is 0 Å². The van der Waals surface area contributed by atoms with Crippen LogP contribution in [0.25, 0.3) is 17.0 Å². The van der Waals surface area contributed by atoms with Crippen LogP contribution < -0.4 is 10.3 Å². The fraction of sp³-hybridized carbons (Fsp3) is 0.133. The summed E-state index contributed by atoms with van der Waals surface area (Å²) < 4.78 is 9.59. The van der Waals surface area contributed by atoms with Crippen LogP contribution in [0.2, 0.25) is 0 Å². The Morgan fingerprint density at radius 3 is 2.71 bits per heavy atom. The second kappa shape index (κ2) is 5.92. The van der Waals surface area contributed by atoms with Gasteiger partial charge in [-0.05, 0) is 30.3 Å². The van der Waals surface area contributed by atoms with Gasteiger partial charge in [0.05, 0.1) is 14.2 Å². The molecule has 0 fully saturated rings. The average Bonchev–Trinajstić information content (AvgIpc) is 2.51. The highest BCUT2D eigenvalue weighted by molar-refractivity contribution is 5.98. The molecule has 1 aromatic heterocycles. The zero-order valence-electron chi connectivity index (χ0n) is 11.5. The second-order valence-corrected chi connectivity index (χ2v) is 4.17. The van der Waals surface area contributed by atoms with E-state index in [2.05, 4.69) is 9.72 Å². The van der Waals surface area contributed by atoms with Crippen LogP contribution in [0, 0.1) is 11.3 Å². The average molecular weight is 284 g/mol. The number of esters is 1. The Hall–Kier alpha value is -3.07. The summed E-state index contributed by atoms with van der Waals surface area (Å²) in [5.74, 6) is -0.152. The van der Waals surface area contributed by atoms with E-state index < -0.39 is 11.5 Å². The molecule has 0 aliphatic rings. The molecule has 1 N–H and O–H groups in total. The third-order valence-electron chi connectivity index (χ3n) is 2.91. The molecule has 0 saturated carbocycles. The van der Waals surface area contributed by atoms with Crippen molar-refractivity contribution in [3.05, 3.63) is 45.8 Å². The van der Waals surface area contributed by atoms with E-state index in [1.165, 1.54) is 13.2 Å². The topological polar surface area (TPSA) is 92.2 Å². The smallest absolute Gasteiger partial charge is 0.348 e. The number of benzene rings is 1. The molecule has 0 bridgehead atoms. The maximum absolute atomic E-state index is 12.0. The van der Waals surface area contributed by atoms with Gasteiger partial charge in [-0.2, -0.15) is 5.26 Å². The van der Waals surface area contributed by atoms with Gasteiger partial charge in [-0.1, -0.05) is 0 Å². The maximum atomic E-state index is 12.0. The normalized spacial score (nSPS) is 11.0. The number of rotatable bonds is 3. The molecular weight excluding hydrogens is 272 g/mol. The Balaban J connectivity index is 2.61. The number of pyridine rings is 1. The van der Waals surface area contributed by atoms with Crippen LogP contribution in [0.3, 0.4) is 0 Å². The maximum Gasteiger partial charge on any atom is 0.348 e. The SMILES string of the molecule is COC(=O)/C(C#N)=C\c1cc2cc(OC)ccc2[nH]c1=O. The molecule has 0 radical (unpaired) electrons. The molecule has 0 atom stereocenters. The number of H-pyrrole nitrogens is 1. The fourth-order valence-corrected chi connectivity index (χ4v) is 1.84. The molecule has 0 aliphatic heterocycles. The molecule has 21 heavy (non-hydrogen) atoms. The highest BCUT2D eigenvalue weighted by Crippen LogP contribution is 2.19. The van der Waals surface area contributed by atoms with Crippen LogP contribution in [-0.2, 0) is 9.53 Å². The molecule has 1 heterocycles. The van der Waals surface area contributed by atoms with Crippen molar-refractivity contribution in [2.45, 2.75) is 0 Å². The summed E-state index contributed by atoms with van der Waals surface area (Å²) >= 11 is 0. The molecule has 2 rings (SSSR count). The minimum absolute atomic E-state index is 0.192. The molecule has 0 amide bonds. The predicted molar refractivity (Wildman–Crippen MR) is 76.7 cm³/mol. The quantitative estimate of drug-likeness (QED) is 0.525. The van der Waals surface area contributed by atoms with Crippen molar-refractivity contribution in [3.8, 4) is 11.8 Å². The molecule has 0 saturated heterocycles. The molecular formula is C15H12N2O4. The minimum atomic E-state index is -0.789. The molecule has 6 nitrogen and oxygen atoms in total. The summed E-state index contributed by atoms with van der Waals surface area (Å²) in [6.07, 6.45) is 1.20. The number of aromatic amines is 1. The zero-order chi connectivity index (χ0) is 15.4. The third-order valence-corrected chi connectivity index (χ3v) is 2.91. The van der Waals surface area contributed by atoms with Gasteiger partial charge >= 0.3 is 5.97 Å². The van der Waals surface area contributed by atoms with Crippen molar-refractivity contribution in [2.75, 3.05) is 14.2 Å². The van der Waals surface area contributed by atoms with Crippen molar-refractivity contribution < 1.29 is 14.3 Å². The summed E-state index contributed by atoms with van der Waals surface area (Å²) in [5.41, 5.74) is 0.182. The lowest BCUT2D eigenvalue weighted by molar-refractivity contribution is -0.135. The van der Waals surface area contributed by atoms with E-state index in [0.29, 0.717) is 11.3 Å². The van der Waals surface area contributed by atoms with Crippen LogP contribution in [-0.4, -0.2) is 25.2 Å². The Morgan fingerprint density at radius 2 is 2.10 bits per heavy atom. The Bertz CT molecular complexity index is 828.